The molecule has 20 heavy (non-hydrogen) atoms. The minimum Gasteiger partial charge on any atom is -0.382 e. The maximum Gasteiger partial charge on any atom is 0.0342 e. The molecule has 0 saturated carbocycles. The van der Waals surface area contributed by atoms with Crippen molar-refractivity contribution in [1.29, 1.82) is 0 Å². The molecule has 0 spiro atoms. The summed E-state index contributed by atoms with van der Waals surface area (Å²) < 4.78 is 0. The van der Waals surface area contributed by atoms with Gasteiger partial charge in [-0.05, 0) is 36.1 Å². The molecular formula is C18H28NP. The van der Waals surface area contributed by atoms with Gasteiger partial charge in [0.05, 0.1) is 0 Å². The van der Waals surface area contributed by atoms with Gasteiger partial charge in [-0.1, -0.05) is 64.0 Å². The van der Waals surface area contributed by atoms with Crippen LogP contribution in [-0.2, 0) is 12.8 Å². The molecular weight excluding hydrogens is 261 g/mol. The van der Waals surface area contributed by atoms with Gasteiger partial charge in [0.15, 0.2) is 0 Å². The highest BCUT2D eigenvalue weighted by Gasteiger charge is 2.20. The maximum atomic E-state index is 3.79. The first-order valence-corrected chi connectivity index (χ1v) is 8.35. The van der Waals surface area contributed by atoms with E-state index in [-0.39, 0.29) is 0 Å². The van der Waals surface area contributed by atoms with E-state index < -0.39 is 0 Å². The number of hydrogen-bond donors (Lipinski definition) is 1. The van der Waals surface area contributed by atoms with Crippen LogP contribution in [-0.4, -0.2) is 12.7 Å². The highest BCUT2D eigenvalue weighted by molar-refractivity contribution is 7.15. The molecule has 0 radical (unpaired) electrons. The molecule has 0 amide bonds. The van der Waals surface area contributed by atoms with Gasteiger partial charge in [-0.25, -0.2) is 0 Å². The highest BCUT2D eigenvalue weighted by Crippen LogP contribution is 2.22. The SMILES string of the molecule is C=C/C=C(\C=C)NC1Cc2ccccc2C1.CC.CP. The fourth-order valence-electron chi connectivity index (χ4n) is 2.20. The second kappa shape index (κ2) is 11.5. The van der Waals surface area contributed by atoms with E-state index >= 15 is 0 Å². The predicted octanol–water partition coefficient (Wildman–Crippen LogP) is 4.52. The zero-order valence-corrected chi connectivity index (χ0v) is 14.2. The lowest BCUT2D eigenvalue weighted by molar-refractivity contribution is 0.604. The molecule has 2 rings (SSSR count). The first-order valence-electron chi connectivity index (χ1n) is 7.19. The Morgan fingerprint density at radius 3 is 2.05 bits per heavy atom. The van der Waals surface area contributed by atoms with E-state index in [0.717, 1.165) is 18.5 Å². The fraction of sp³-hybridized carbons (Fsp3) is 0.333. The van der Waals surface area contributed by atoms with Gasteiger partial charge in [0.25, 0.3) is 0 Å². The summed E-state index contributed by atoms with van der Waals surface area (Å²) in [6.45, 7) is 13.4. The second-order valence-electron chi connectivity index (χ2n) is 4.08. The quantitative estimate of drug-likeness (QED) is 0.635. The van der Waals surface area contributed by atoms with Crippen molar-refractivity contribution in [3.05, 3.63) is 72.5 Å². The summed E-state index contributed by atoms with van der Waals surface area (Å²) in [6.07, 6.45) is 7.77. The normalized spacial score (nSPS) is 13.1. The van der Waals surface area contributed by atoms with E-state index in [4.69, 9.17) is 0 Å². The topological polar surface area (TPSA) is 12.0 Å². The predicted molar refractivity (Wildman–Crippen MR) is 96.2 cm³/mol. The summed E-state index contributed by atoms with van der Waals surface area (Å²) in [5.74, 6) is 0. The zero-order chi connectivity index (χ0) is 15.4. The largest absolute Gasteiger partial charge is 0.382 e. The summed E-state index contributed by atoms with van der Waals surface area (Å²) in [6, 6.07) is 9.12. The Kier molecular flexibility index (Phi) is 10.7. The smallest absolute Gasteiger partial charge is 0.0342 e. The van der Waals surface area contributed by atoms with Gasteiger partial charge < -0.3 is 5.32 Å². The Bertz CT molecular complexity index is 410. The van der Waals surface area contributed by atoms with Crippen molar-refractivity contribution < 1.29 is 0 Å². The zero-order valence-electron chi connectivity index (χ0n) is 13.0. The van der Waals surface area contributed by atoms with Gasteiger partial charge in [-0.15, -0.1) is 9.24 Å². The third-order valence-corrected chi connectivity index (χ3v) is 2.94. The summed E-state index contributed by atoms with van der Waals surface area (Å²) in [4.78, 5) is 0. The Labute approximate surface area is 127 Å². The molecule has 1 nitrogen and oxygen atoms in total. The molecule has 1 aromatic carbocycles. The first kappa shape index (κ1) is 18.7. The van der Waals surface area contributed by atoms with E-state index in [0.29, 0.717) is 6.04 Å². The van der Waals surface area contributed by atoms with Crippen LogP contribution in [0, 0.1) is 0 Å². The molecule has 0 heterocycles. The summed E-state index contributed by atoms with van der Waals surface area (Å²) in [5, 5.41) is 3.49. The Morgan fingerprint density at radius 2 is 1.65 bits per heavy atom. The molecule has 0 saturated heterocycles. The van der Waals surface area contributed by atoms with E-state index in [2.05, 4.69) is 52.0 Å². The second-order valence-corrected chi connectivity index (χ2v) is 4.08. The number of allylic oxidation sites excluding steroid dienone is 3. The lowest BCUT2D eigenvalue weighted by Crippen LogP contribution is -2.28. The molecule has 1 unspecified atom stereocenters. The van der Waals surface area contributed by atoms with Crippen molar-refractivity contribution in [3.63, 3.8) is 0 Å². The van der Waals surface area contributed by atoms with Crippen molar-refractivity contribution in [2.24, 2.45) is 0 Å². The maximum absolute atomic E-state index is 3.79. The van der Waals surface area contributed by atoms with Crippen molar-refractivity contribution in [1.82, 2.24) is 5.32 Å². The van der Waals surface area contributed by atoms with Crippen LogP contribution < -0.4 is 5.32 Å². The molecule has 0 aliphatic heterocycles. The van der Waals surface area contributed by atoms with Crippen molar-refractivity contribution in [2.45, 2.75) is 32.7 Å². The van der Waals surface area contributed by atoms with Gasteiger partial charge in [-0.2, -0.15) is 0 Å². The van der Waals surface area contributed by atoms with E-state index in [1.807, 2.05) is 32.7 Å². The molecule has 0 fully saturated rings. The van der Waals surface area contributed by atoms with Crippen LogP contribution in [0.5, 0.6) is 0 Å². The average Bonchev–Trinajstić information content (AvgIpc) is 2.93. The van der Waals surface area contributed by atoms with Gasteiger partial charge in [0, 0.05) is 11.7 Å². The third-order valence-electron chi connectivity index (χ3n) is 2.94. The van der Waals surface area contributed by atoms with E-state index in [1.165, 1.54) is 11.1 Å². The van der Waals surface area contributed by atoms with Crippen LogP contribution in [0.2, 0.25) is 0 Å². The van der Waals surface area contributed by atoms with E-state index in [1.54, 1.807) is 6.08 Å². The lowest BCUT2D eigenvalue weighted by Gasteiger charge is -2.13. The Morgan fingerprint density at radius 1 is 1.15 bits per heavy atom. The van der Waals surface area contributed by atoms with Crippen LogP contribution in [0.1, 0.15) is 25.0 Å². The van der Waals surface area contributed by atoms with Crippen LogP contribution in [0.4, 0.5) is 0 Å². The van der Waals surface area contributed by atoms with Gasteiger partial charge >= 0.3 is 0 Å². The Balaban J connectivity index is 0.000000829. The highest BCUT2D eigenvalue weighted by atomic mass is 31.0. The molecule has 1 atom stereocenters. The number of fused-ring (bicyclic) bond motifs is 1. The minimum absolute atomic E-state index is 0.488. The van der Waals surface area contributed by atoms with Gasteiger partial charge in [-0.3, -0.25) is 0 Å². The van der Waals surface area contributed by atoms with Crippen LogP contribution in [0.15, 0.2) is 61.3 Å². The number of benzene rings is 1. The Hall–Kier alpha value is -1.33. The number of nitrogens with one attached hydrogen (secondary N) is 1. The molecule has 1 aliphatic carbocycles. The summed E-state index contributed by atoms with van der Waals surface area (Å²) in [7, 11) is 2.42. The van der Waals surface area contributed by atoms with Crippen molar-refractivity contribution >= 4 is 9.24 Å². The van der Waals surface area contributed by atoms with Gasteiger partial charge in [0.1, 0.15) is 0 Å². The summed E-state index contributed by atoms with van der Waals surface area (Å²) in [5.41, 5.74) is 3.97. The van der Waals surface area contributed by atoms with Gasteiger partial charge in [0.2, 0.25) is 0 Å². The van der Waals surface area contributed by atoms with Crippen molar-refractivity contribution in [2.75, 3.05) is 6.66 Å². The molecule has 0 aromatic heterocycles. The molecule has 1 N–H and O–H groups in total. The molecule has 2 heteroatoms. The third kappa shape index (κ3) is 5.75. The van der Waals surface area contributed by atoms with Crippen LogP contribution >= 0.6 is 9.24 Å². The minimum atomic E-state index is 0.488. The van der Waals surface area contributed by atoms with Crippen molar-refractivity contribution in [3.8, 4) is 0 Å². The monoisotopic (exact) mass is 289 g/mol. The number of rotatable bonds is 4. The average molecular weight is 289 g/mol. The number of hydrogen-bond acceptors (Lipinski definition) is 1. The van der Waals surface area contributed by atoms with Crippen LogP contribution in [0.25, 0.3) is 0 Å². The molecule has 110 valence electrons. The van der Waals surface area contributed by atoms with E-state index in [9.17, 15) is 0 Å². The molecule has 1 aromatic rings. The first-order chi connectivity index (χ1) is 9.83. The lowest BCUT2D eigenvalue weighted by atomic mass is 10.1. The summed E-state index contributed by atoms with van der Waals surface area (Å²) >= 11 is 0. The molecule has 1 aliphatic rings. The molecule has 0 bridgehead atoms. The van der Waals surface area contributed by atoms with Crippen LogP contribution in [0.3, 0.4) is 0 Å². The fourth-order valence-corrected chi connectivity index (χ4v) is 2.20. The standard InChI is InChI=1S/C15H17N.C2H6.CH5P/c1-3-7-14(4-2)16-15-10-12-8-5-6-9-13(12)11-15;2*1-2/h3-9,15-16H,1-2,10-11H2;1-2H3;2H2,1H3/b14-7+;;.